The van der Waals surface area contributed by atoms with Gasteiger partial charge in [0.15, 0.2) is 11.5 Å². The average molecular weight is 743 g/mol. The summed E-state index contributed by atoms with van der Waals surface area (Å²) >= 11 is 0. The second kappa shape index (κ2) is 16.4. The van der Waals surface area contributed by atoms with E-state index in [2.05, 4.69) is 5.32 Å². The Morgan fingerprint density at radius 1 is 0.691 bits per heavy atom. The quantitative estimate of drug-likeness (QED) is 0.160. The SMILES string of the molecule is CCC(CN(CCc1ccc2c(c1)OCO2)C(=O)CCN1C(=O)c2ccccc2C1=O)C(Cc1ccccc1)NC(=O)CCN1C(=O)c2ccccc2C1=O. The van der Waals surface area contributed by atoms with Crippen LogP contribution in [0.25, 0.3) is 0 Å². The molecule has 3 aliphatic heterocycles. The van der Waals surface area contributed by atoms with Crippen molar-refractivity contribution < 1.29 is 38.2 Å². The lowest BCUT2D eigenvalue weighted by atomic mass is 9.90. The lowest BCUT2D eigenvalue weighted by Gasteiger charge is -2.33. The molecule has 1 N–H and O–H groups in total. The summed E-state index contributed by atoms with van der Waals surface area (Å²) < 4.78 is 11.0. The summed E-state index contributed by atoms with van der Waals surface area (Å²) in [5, 5.41) is 3.18. The molecule has 4 aromatic carbocycles. The highest BCUT2D eigenvalue weighted by molar-refractivity contribution is 6.22. The van der Waals surface area contributed by atoms with Gasteiger partial charge in [0, 0.05) is 45.1 Å². The van der Waals surface area contributed by atoms with Gasteiger partial charge in [0.05, 0.1) is 22.3 Å². The van der Waals surface area contributed by atoms with Crippen LogP contribution in [-0.4, -0.2) is 89.2 Å². The molecule has 0 spiro atoms. The minimum absolute atomic E-state index is 0.0645. The first-order valence-electron chi connectivity index (χ1n) is 18.6. The van der Waals surface area contributed by atoms with Gasteiger partial charge in [-0.25, -0.2) is 0 Å². The molecular formula is C43H42N4O8. The number of ether oxygens (including phenoxy) is 2. The minimum atomic E-state index is -0.418. The first kappa shape index (κ1) is 37.0. The van der Waals surface area contributed by atoms with E-state index in [4.69, 9.17) is 9.47 Å². The average Bonchev–Trinajstić information content (AvgIpc) is 3.85. The Balaban J connectivity index is 1.07. The normalized spacial score (nSPS) is 15.2. The topological polar surface area (TPSA) is 143 Å². The summed E-state index contributed by atoms with van der Waals surface area (Å²) in [6.45, 7) is 2.65. The van der Waals surface area contributed by atoms with Gasteiger partial charge in [0.25, 0.3) is 23.6 Å². The third kappa shape index (κ3) is 7.98. The molecule has 2 atom stereocenters. The molecule has 4 aromatic rings. The van der Waals surface area contributed by atoms with E-state index in [1.54, 1.807) is 53.4 Å². The number of hydrogen-bond donors (Lipinski definition) is 1. The first-order valence-corrected chi connectivity index (χ1v) is 18.6. The Bertz CT molecular complexity index is 2070. The molecule has 3 heterocycles. The van der Waals surface area contributed by atoms with Crippen LogP contribution < -0.4 is 14.8 Å². The van der Waals surface area contributed by atoms with Crippen molar-refractivity contribution in [3.05, 3.63) is 130 Å². The highest BCUT2D eigenvalue weighted by Crippen LogP contribution is 2.33. The Kier molecular flexibility index (Phi) is 11.0. The third-order valence-electron chi connectivity index (χ3n) is 10.5. The van der Waals surface area contributed by atoms with Crippen LogP contribution in [0, 0.1) is 5.92 Å². The van der Waals surface area contributed by atoms with Crippen molar-refractivity contribution in [1.29, 1.82) is 0 Å². The van der Waals surface area contributed by atoms with Gasteiger partial charge < -0.3 is 19.7 Å². The minimum Gasteiger partial charge on any atom is -0.454 e. The van der Waals surface area contributed by atoms with Crippen molar-refractivity contribution in [3.63, 3.8) is 0 Å². The zero-order chi connectivity index (χ0) is 38.5. The van der Waals surface area contributed by atoms with Gasteiger partial charge in [-0.15, -0.1) is 0 Å². The van der Waals surface area contributed by atoms with Crippen molar-refractivity contribution in [2.75, 3.05) is 33.0 Å². The Morgan fingerprint density at radius 3 is 1.82 bits per heavy atom. The maximum absolute atomic E-state index is 14.1. The fourth-order valence-electron chi connectivity index (χ4n) is 7.45. The smallest absolute Gasteiger partial charge is 0.261 e. The fraction of sp³-hybridized carbons (Fsp3) is 0.302. The Labute approximate surface area is 319 Å². The van der Waals surface area contributed by atoms with E-state index in [0.29, 0.717) is 59.6 Å². The number of nitrogens with zero attached hydrogens (tertiary/aromatic N) is 3. The summed E-state index contributed by atoms with van der Waals surface area (Å²) in [7, 11) is 0. The maximum atomic E-state index is 14.1. The van der Waals surface area contributed by atoms with Crippen molar-refractivity contribution in [3.8, 4) is 11.5 Å². The van der Waals surface area contributed by atoms with Crippen LogP contribution >= 0.6 is 0 Å². The van der Waals surface area contributed by atoms with Crippen LogP contribution in [0.3, 0.4) is 0 Å². The molecule has 0 bridgehead atoms. The number of nitrogens with one attached hydrogen (secondary N) is 1. The van der Waals surface area contributed by atoms with Gasteiger partial charge in [-0.2, -0.15) is 0 Å². The molecule has 0 radical (unpaired) electrons. The molecular weight excluding hydrogens is 700 g/mol. The van der Waals surface area contributed by atoms with Crippen LogP contribution in [0.1, 0.15) is 78.7 Å². The van der Waals surface area contributed by atoms with Crippen LogP contribution in [0.15, 0.2) is 97.1 Å². The number of fused-ring (bicyclic) bond motifs is 3. The van der Waals surface area contributed by atoms with E-state index in [1.165, 1.54) is 0 Å². The lowest BCUT2D eigenvalue weighted by molar-refractivity contribution is -0.132. The number of rotatable bonds is 16. The molecule has 0 saturated carbocycles. The number of hydrogen-bond acceptors (Lipinski definition) is 8. The van der Waals surface area contributed by atoms with E-state index in [9.17, 15) is 28.8 Å². The van der Waals surface area contributed by atoms with Gasteiger partial charge in [0.2, 0.25) is 18.6 Å². The standard InChI is InChI=1S/C43H42N4O8/c1-2-30(35(24-28-10-4-3-5-11-28)44-38(48)19-22-46-40(50)31-12-6-7-13-32(31)41(46)51)26-45(21-18-29-16-17-36-37(25-29)55-27-54-36)39(49)20-23-47-42(52)33-14-8-9-15-34(33)43(47)53/h3-17,25,30,35H,2,18-24,26-27H2,1H3,(H,44,48). The van der Waals surface area contributed by atoms with Gasteiger partial charge in [0.1, 0.15) is 0 Å². The van der Waals surface area contributed by atoms with Crippen LogP contribution in [0.4, 0.5) is 0 Å². The summed E-state index contributed by atoms with van der Waals surface area (Å²) in [6.07, 6.45) is 1.45. The second-order valence-corrected chi connectivity index (χ2v) is 13.9. The van der Waals surface area contributed by atoms with Gasteiger partial charge in [-0.1, -0.05) is 67.6 Å². The van der Waals surface area contributed by atoms with Crippen molar-refractivity contribution in [2.45, 2.75) is 45.1 Å². The molecule has 0 aliphatic carbocycles. The molecule has 0 saturated heterocycles. The van der Waals surface area contributed by atoms with Crippen molar-refractivity contribution in [1.82, 2.24) is 20.0 Å². The molecule has 6 amide bonds. The van der Waals surface area contributed by atoms with E-state index in [-0.39, 0.29) is 57.0 Å². The molecule has 0 fully saturated rings. The molecule has 282 valence electrons. The van der Waals surface area contributed by atoms with Gasteiger partial charge >= 0.3 is 0 Å². The van der Waals surface area contributed by atoms with E-state index in [1.807, 2.05) is 55.5 Å². The molecule has 3 aliphatic rings. The number of benzene rings is 4. The second-order valence-electron chi connectivity index (χ2n) is 13.9. The zero-order valence-corrected chi connectivity index (χ0v) is 30.6. The summed E-state index contributed by atoms with van der Waals surface area (Å²) in [6, 6.07) is 28.3. The monoisotopic (exact) mass is 742 g/mol. The third-order valence-corrected chi connectivity index (χ3v) is 10.5. The van der Waals surface area contributed by atoms with Gasteiger partial charge in [-0.3, -0.25) is 38.6 Å². The molecule has 2 unspecified atom stereocenters. The van der Waals surface area contributed by atoms with Crippen LogP contribution in [0.5, 0.6) is 11.5 Å². The fourth-order valence-corrected chi connectivity index (χ4v) is 7.45. The van der Waals surface area contributed by atoms with E-state index < -0.39 is 29.7 Å². The Hall–Kier alpha value is -6.30. The first-order chi connectivity index (χ1) is 26.7. The summed E-state index contributed by atoms with van der Waals surface area (Å²) in [5.74, 6) is -1.13. The van der Waals surface area contributed by atoms with Crippen molar-refractivity contribution >= 4 is 35.4 Å². The van der Waals surface area contributed by atoms with Gasteiger partial charge in [-0.05, 0) is 72.7 Å². The Morgan fingerprint density at radius 2 is 1.24 bits per heavy atom. The van der Waals surface area contributed by atoms with E-state index in [0.717, 1.165) is 20.9 Å². The molecule has 0 aromatic heterocycles. The predicted molar refractivity (Wildman–Crippen MR) is 202 cm³/mol. The number of carbonyl (C=O) groups is 6. The summed E-state index contributed by atoms with van der Waals surface area (Å²) in [5.41, 5.74) is 3.25. The summed E-state index contributed by atoms with van der Waals surface area (Å²) in [4.78, 5) is 83.8. The van der Waals surface area contributed by atoms with E-state index >= 15 is 0 Å². The predicted octanol–water partition coefficient (Wildman–Crippen LogP) is 4.91. The zero-order valence-electron chi connectivity index (χ0n) is 30.6. The number of imide groups is 2. The number of amides is 6. The van der Waals surface area contributed by atoms with Crippen molar-refractivity contribution in [2.24, 2.45) is 5.92 Å². The van der Waals surface area contributed by atoms with Crippen LogP contribution in [0.2, 0.25) is 0 Å². The van der Waals surface area contributed by atoms with Crippen LogP contribution in [-0.2, 0) is 22.4 Å². The highest BCUT2D eigenvalue weighted by Gasteiger charge is 2.37. The molecule has 12 nitrogen and oxygen atoms in total. The molecule has 55 heavy (non-hydrogen) atoms. The largest absolute Gasteiger partial charge is 0.454 e. The molecule has 7 rings (SSSR count). The molecule has 12 heteroatoms. The lowest BCUT2D eigenvalue weighted by Crippen LogP contribution is -2.48. The maximum Gasteiger partial charge on any atom is 0.261 e. The number of carbonyl (C=O) groups excluding carboxylic acids is 6. The highest BCUT2D eigenvalue weighted by atomic mass is 16.7.